The molecule has 0 radical (unpaired) electrons. The summed E-state index contributed by atoms with van der Waals surface area (Å²) in [5, 5.41) is -0.120. The molecule has 0 aromatic heterocycles. The van der Waals surface area contributed by atoms with Crippen molar-refractivity contribution in [2.45, 2.75) is 45.5 Å². The van der Waals surface area contributed by atoms with Crippen LogP contribution in [-0.2, 0) is 18.9 Å². The number of halogens is 5. The van der Waals surface area contributed by atoms with E-state index in [-0.39, 0.29) is 39.9 Å². The van der Waals surface area contributed by atoms with Crippen molar-refractivity contribution in [3.05, 3.63) is 100 Å². The fourth-order valence-corrected chi connectivity index (χ4v) is 5.02. The minimum Gasteiger partial charge on any atom is -0.381 e. The van der Waals surface area contributed by atoms with Crippen LogP contribution in [0.15, 0.2) is 72.1 Å². The number of allylic oxidation sites excluding steroid dienone is 3. The lowest BCUT2D eigenvalue weighted by Gasteiger charge is -2.30. The van der Waals surface area contributed by atoms with Crippen LogP contribution in [0.25, 0.3) is 17.2 Å². The van der Waals surface area contributed by atoms with E-state index < -0.39 is 23.7 Å². The molecule has 43 heavy (non-hydrogen) atoms. The molecule has 2 saturated heterocycles. The first-order valence-corrected chi connectivity index (χ1v) is 14.9. The summed E-state index contributed by atoms with van der Waals surface area (Å²) in [6.45, 7) is 6.12. The number of rotatable bonds is 11. The van der Waals surface area contributed by atoms with E-state index in [1.54, 1.807) is 18.2 Å². The Morgan fingerprint density at radius 2 is 1.72 bits per heavy atom. The molecule has 2 aliphatic rings. The van der Waals surface area contributed by atoms with E-state index in [1.807, 2.05) is 12.2 Å². The van der Waals surface area contributed by atoms with Crippen LogP contribution in [0.3, 0.4) is 0 Å². The molecular formula is C34H37ClF4O4. The first-order valence-electron chi connectivity index (χ1n) is 14.5. The van der Waals surface area contributed by atoms with Crippen molar-refractivity contribution in [1.82, 2.24) is 0 Å². The molecule has 232 valence electrons. The van der Waals surface area contributed by atoms with Gasteiger partial charge in [-0.15, -0.1) is 0 Å². The highest BCUT2D eigenvalue weighted by Gasteiger charge is 2.25. The third-order valence-electron chi connectivity index (χ3n) is 7.10. The van der Waals surface area contributed by atoms with Crippen LogP contribution in [0.5, 0.6) is 0 Å². The Morgan fingerprint density at radius 3 is 2.35 bits per heavy atom. The minimum absolute atomic E-state index is 0.0697. The SMILES string of the molecule is CCCOCC1COC(C(/C=C(\C)F)=C/C=C/C2CCC(/C=C/c3cc(F)c(-c4ccc(Cl)c(F)c4)c(F)c3)OC2)OC1. The highest BCUT2D eigenvalue weighted by molar-refractivity contribution is 6.30. The second-order valence-corrected chi connectivity index (χ2v) is 11.2. The zero-order chi connectivity index (χ0) is 30.8. The molecule has 2 heterocycles. The Balaban J connectivity index is 1.29. The molecule has 2 unspecified atom stereocenters. The summed E-state index contributed by atoms with van der Waals surface area (Å²) >= 11 is 5.68. The third kappa shape index (κ3) is 9.88. The van der Waals surface area contributed by atoms with E-state index in [1.165, 1.54) is 37.3 Å². The Labute approximate surface area is 255 Å². The predicted molar refractivity (Wildman–Crippen MR) is 161 cm³/mol. The molecule has 0 saturated carbocycles. The van der Waals surface area contributed by atoms with Crippen LogP contribution in [0.1, 0.15) is 38.7 Å². The van der Waals surface area contributed by atoms with Crippen molar-refractivity contribution in [3.8, 4) is 11.1 Å². The van der Waals surface area contributed by atoms with E-state index in [0.717, 1.165) is 25.3 Å². The molecule has 4 rings (SSSR count). The van der Waals surface area contributed by atoms with Crippen molar-refractivity contribution in [1.29, 1.82) is 0 Å². The molecule has 2 aliphatic heterocycles. The maximum atomic E-state index is 14.8. The lowest BCUT2D eigenvalue weighted by Crippen LogP contribution is -2.35. The summed E-state index contributed by atoms with van der Waals surface area (Å²) in [7, 11) is 0. The van der Waals surface area contributed by atoms with Crippen LogP contribution < -0.4 is 0 Å². The molecule has 0 bridgehead atoms. The smallest absolute Gasteiger partial charge is 0.183 e. The van der Waals surface area contributed by atoms with Crippen molar-refractivity contribution in [3.63, 3.8) is 0 Å². The third-order valence-corrected chi connectivity index (χ3v) is 7.41. The number of hydrogen-bond donors (Lipinski definition) is 0. The van der Waals surface area contributed by atoms with Gasteiger partial charge in [-0.05, 0) is 67.7 Å². The van der Waals surface area contributed by atoms with Crippen molar-refractivity contribution < 1.29 is 36.5 Å². The predicted octanol–water partition coefficient (Wildman–Crippen LogP) is 9.00. The molecule has 2 atom stereocenters. The molecule has 4 nitrogen and oxygen atoms in total. The Hall–Kier alpha value is -2.75. The maximum absolute atomic E-state index is 14.8. The average Bonchev–Trinajstić information content (AvgIpc) is 2.98. The number of benzene rings is 2. The van der Waals surface area contributed by atoms with Gasteiger partial charge < -0.3 is 18.9 Å². The molecule has 2 aromatic rings. The topological polar surface area (TPSA) is 36.9 Å². The van der Waals surface area contributed by atoms with Gasteiger partial charge in [-0.3, -0.25) is 0 Å². The summed E-state index contributed by atoms with van der Waals surface area (Å²) in [6.07, 6.45) is 12.1. The van der Waals surface area contributed by atoms with Gasteiger partial charge in [0.15, 0.2) is 6.29 Å². The molecular weight excluding hydrogens is 584 g/mol. The van der Waals surface area contributed by atoms with E-state index in [0.29, 0.717) is 44.2 Å². The molecule has 0 aliphatic carbocycles. The molecule has 0 spiro atoms. The zero-order valence-corrected chi connectivity index (χ0v) is 25.1. The van der Waals surface area contributed by atoms with Crippen LogP contribution >= 0.6 is 11.6 Å². The quantitative estimate of drug-likeness (QED) is 0.143. The standard InChI is InChI=1S/C34H37ClF4O4/c1-3-13-40-18-25-20-42-34(43-21-25)27(14-22(2)36)6-4-5-23-7-10-28(41-19-23)11-8-24-15-31(38)33(32(39)16-24)26-9-12-29(35)30(37)17-26/h4-6,8-9,11-12,14-17,23,25,28,34H,3,7,10,13,18-21H2,1-2H3/b5-4+,11-8+,22-14+,27-6+. The normalized spacial score (nSPS) is 23.9. The summed E-state index contributed by atoms with van der Waals surface area (Å²) < 4.78 is 80.3. The summed E-state index contributed by atoms with van der Waals surface area (Å²) in [5.74, 6) is -2.39. The lowest BCUT2D eigenvalue weighted by molar-refractivity contribution is -0.187. The van der Waals surface area contributed by atoms with Crippen LogP contribution in [0.2, 0.25) is 5.02 Å². The number of hydrogen-bond acceptors (Lipinski definition) is 4. The highest BCUT2D eigenvalue weighted by Crippen LogP contribution is 2.31. The zero-order valence-electron chi connectivity index (χ0n) is 24.3. The largest absolute Gasteiger partial charge is 0.381 e. The maximum Gasteiger partial charge on any atom is 0.183 e. The van der Waals surface area contributed by atoms with E-state index in [9.17, 15) is 17.6 Å². The molecule has 2 fully saturated rings. The van der Waals surface area contributed by atoms with E-state index >= 15 is 0 Å². The van der Waals surface area contributed by atoms with Crippen LogP contribution in [-0.4, -0.2) is 45.4 Å². The monoisotopic (exact) mass is 620 g/mol. The van der Waals surface area contributed by atoms with E-state index in [2.05, 4.69) is 6.92 Å². The molecule has 9 heteroatoms. The van der Waals surface area contributed by atoms with Crippen molar-refractivity contribution in [2.24, 2.45) is 11.8 Å². The highest BCUT2D eigenvalue weighted by atomic mass is 35.5. The first-order chi connectivity index (χ1) is 20.7. The Morgan fingerprint density at radius 1 is 0.977 bits per heavy atom. The second kappa shape index (κ2) is 16.4. The van der Waals surface area contributed by atoms with Gasteiger partial charge in [-0.1, -0.05) is 55.0 Å². The molecule has 0 N–H and O–H groups in total. The Kier molecular flexibility index (Phi) is 12.6. The number of ether oxygens (including phenoxy) is 4. The van der Waals surface area contributed by atoms with E-state index in [4.69, 9.17) is 30.5 Å². The minimum atomic E-state index is -0.800. The lowest BCUT2D eigenvalue weighted by atomic mass is 9.97. The van der Waals surface area contributed by atoms with Crippen molar-refractivity contribution >= 4 is 17.7 Å². The summed E-state index contributed by atoms with van der Waals surface area (Å²) in [4.78, 5) is 0. The molecule has 2 aromatic carbocycles. The van der Waals surface area contributed by atoms with Crippen molar-refractivity contribution in [2.75, 3.05) is 33.0 Å². The van der Waals surface area contributed by atoms with Gasteiger partial charge in [0.2, 0.25) is 0 Å². The van der Waals surface area contributed by atoms with Gasteiger partial charge in [0, 0.05) is 24.0 Å². The van der Waals surface area contributed by atoms with Gasteiger partial charge in [-0.25, -0.2) is 17.6 Å². The van der Waals surface area contributed by atoms with Gasteiger partial charge >= 0.3 is 0 Å². The summed E-state index contributed by atoms with van der Waals surface area (Å²) in [5.41, 5.74) is 0.682. The van der Waals surface area contributed by atoms with Gasteiger partial charge in [-0.2, -0.15) is 0 Å². The fraction of sp³-hybridized carbons (Fsp3) is 0.412. The average molecular weight is 621 g/mol. The van der Waals surface area contributed by atoms with Crippen LogP contribution in [0, 0.1) is 29.3 Å². The first kappa shape index (κ1) is 33.1. The van der Waals surface area contributed by atoms with Gasteiger partial charge in [0.05, 0.1) is 48.9 Å². The fourth-order valence-electron chi connectivity index (χ4n) is 4.90. The molecule has 0 amide bonds. The summed E-state index contributed by atoms with van der Waals surface area (Å²) in [6, 6.07) is 6.05. The van der Waals surface area contributed by atoms with Crippen LogP contribution in [0.4, 0.5) is 17.6 Å². The van der Waals surface area contributed by atoms with Gasteiger partial charge in [0.1, 0.15) is 17.5 Å². The Bertz CT molecular complexity index is 1310. The van der Waals surface area contributed by atoms with Gasteiger partial charge in [0.25, 0.3) is 0 Å². The second-order valence-electron chi connectivity index (χ2n) is 10.8.